The summed E-state index contributed by atoms with van der Waals surface area (Å²) in [5.41, 5.74) is -0.250. The van der Waals surface area contributed by atoms with Gasteiger partial charge in [0.25, 0.3) is 5.56 Å². The zero-order valence-electron chi connectivity index (χ0n) is 20.5. The van der Waals surface area contributed by atoms with Crippen LogP contribution in [0.1, 0.15) is 50.6 Å². The van der Waals surface area contributed by atoms with E-state index >= 15 is 0 Å². The van der Waals surface area contributed by atoms with Gasteiger partial charge in [0, 0.05) is 49.2 Å². The van der Waals surface area contributed by atoms with Crippen LogP contribution in [0.4, 0.5) is 5.95 Å². The van der Waals surface area contributed by atoms with E-state index in [4.69, 9.17) is 0 Å². The summed E-state index contributed by atoms with van der Waals surface area (Å²) in [6.07, 6.45) is 4.72. The van der Waals surface area contributed by atoms with Gasteiger partial charge in [0.1, 0.15) is 17.3 Å². The Labute approximate surface area is 210 Å². The molecule has 3 aliphatic rings. The fourth-order valence-corrected chi connectivity index (χ4v) is 6.98. The van der Waals surface area contributed by atoms with Gasteiger partial charge in [0.15, 0.2) is 0 Å². The summed E-state index contributed by atoms with van der Waals surface area (Å²) < 4.78 is 28.4. The molecule has 1 aliphatic carbocycles. The van der Waals surface area contributed by atoms with Gasteiger partial charge in [-0.3, -0.25) is 14.3 Å². The highest BCUT2D eigenvalue weighted by Crippen LogP contribution is 2.39. The molecule has 2 aliphatic heterocycles. The van der Waals surface area contributed by atoms with E-state index < -0.39 is 27.2 Å². The monoisotopic (exact) mass is 513 g/mol. The Balaban J connectivity index is 1.36. The first kappa shape index (κ1) is 24.8. The molecule has 0 radical (unpaired) electrons. The van der Waals surface area contributed by atoms with Gasteiger partial charge in [-0.2, -0.15) is 14.6 Å². The summed E-state index contributed by atoms with van der Waals surface area (Å²) in [4.78, 5) is 24.2. The number of fused-ring (bicyclic) bond motifs is 1. The molecule has 2 atom stereocenters. The summed E-state index contributed by atoms with van der Waals surface area (Å²) in [6.45, 7) is 3.88. The molecular weight excluding hydrogens is 482 g/mol. The van der Waals surface area contributed by atoms with Crippen molar-refractivity contribution in [3.8, 4) is 6.07 Å². The normalized spacial score (nSPS) is 26.1. The van der Waals surface area contributed by atoms with E-state index in [0.717, 1.165) is 12.0 Å². The standard InChI is InChI=1S/C24H31N7O4S/c1-24(33)7-3-4-20(24)31-21-18(10-17(11-25)22(31)32)12-26-23(28-21)27-19-5-8-30(9-6-19)36(34,35)15-16-13-29(2)14-16/h10,12,15,19-20,33H,3-9,13-14H2,1-2H3,(H,26,27,28)/t20-,24-/m1/s1. The van der Waals surface area contributed by atoms with E-state index in [0.29, 0.717) is 68.8 Å². The highest BCUT2D eigenvalue weighted by molar-refractivity contribution is 7.92. The molecule has 5 rings (SSSR count). The van der Waals surface area contributed by atoms with E-state index in [2.05, 4.69) is 20.2 Å². The van der Waals surface area contributed by atoms with E-state index in [1.54, 1.807) is 13.1 Å². The van der Waals surface area contributed by atoms with Gasteiger partial charge in [0.2, 0.25) is 16.0 Å². The summed E-state index contributed by atoms with van der Waals surface area (Å²) in [7, 11) is -1.48. The van der Waals surface area contributed by atoms with Crippen LogP contribution in [0.15, 0.2) is 28.0 Å². The third-order valence-corrected chi connectivity index (χ3v) is 9.21. The number of piperidine rings is 1. The molecule has 192 valence electrons. The van der Waals surface area contributed by atoms with E-state index in [1.165, 1.54) is 20.3 Å². The Morgan fingerprint density at radius 3 is 2.61 bits per heavy atom. The fraction of sp³-hybridized carbons (Fsp3) is 0.583. The minimum atomic E-state index is -3.43. The Bertz CT molecular complexity index is 1410. The maximum Gasteiger partial charge on any atom is 0.270 e. The lowest BCUT2D eigenvalue weighted by molar-refractivity contribution is 0.0266. The van der Waals surface area contributed by atoms with E-state index in [-0.39, 0.29) is 11.6 Å². The van der Waals surface area contributed by atoms with Gasteiger partial charge in [-0.15, -0.1) is 0 Å². The number of aliphatic hydroxyl groups is 1. The third-order valence-electron chi connectivity index (χ3n) is 7.49. The molecule has 2 N–H and O–H groups in total. The molecule has 2 aromatic heterocycles. The van der Waals surface area contributed by atoms with Gasteiger partial charge in [-0.1, -0.05) is 0 Å². The van der Waals surface area contributed by atoms with Crippen molar-refractivity contribution in [3.63, 3.8) is 0 Å². The smallest absolute Gasteiger partial charge is 0.270 e. The maximum atomic E-state index is 13.1. The fourth-order valence-electron chi connectivity index (χ4n) is 5.54. The van der Waals surface area contributed by atoms with Crippen molar-refractivity contribution in [1.29, 1.82) is 5.26 Å². The second-order valence-electron chi connectivity index (χ2n) is 10.4. The third kappa shape index (κ3) is 4.64. The number of aromatic nitrogens is 3. The number of likely N-dealkylation sites (tertiary alicyclic amines) is 1. The molecule has 0 unspecified atom stereocenters. The Morgan fingerprint density at radius 2 is 2.00 bits per heavy atom. The number of likely N-dealkylation sites (N-methyl/N-ethyl adjacent to an activating group) is 1. The van der Waals surface area contributed by atoms with Gasteiger partial charge in [-0.25, -0.2) is 13.4 Å². The molecule has 0 bridgehead atoms. The number of sulfonamides is 1. The zero-order chi connectivity index (χ0) is 25.7. The van der Waals surface area contributed by atoms with Crippen molar-refractivity contribution >= 4 is 27.0 Å². The molecule has 11 nitrogen and oxygen atoms in total. The summed E-state index contributed by atoms with van der Waals surface area (Å²) in [6, 6.07) is 2.93. The maximum absolute atomic E-state index is 13.1. The van der Waals surface area contributed by atoms with Crippen molar-refractivity contribution in [3.05, 3.63) is 39.2 Å². The summed E-state index contributed by atoms with van der Waals surface area (Å²) in [5, 5.41) is 25.6. The average molecular weight is 514 g/mol. The highest BCUT2D eigenvalue weighted by atomic mass is 32.2. The molecule has 2 saturated heterocycles. The quantitative estimate of drug-likeness (QED) is 0.602. The Hall–Kier alpha value is -2.85. The first-order valence-electron chi connectivity index (χ1n) is 12.3. The van der Waals surface area contributed by atoms with Gasteiger partial charge >= 0.3 is 0 Å². The molecule has 3 fully saturated rings. The number of hydrogen-bond donors (Lipinski definition) is 2. The van der Waals surface area contributed by atoms with Crippen LogP contribution >= 0.6 is 0 Å². The van der Waals surface area contributed by atoms with Crippen LogP contribution in [-0.2, 0) is 10.0 Å². The first-order chi connectivity index (χ1) is 17.1. The van der Waals surface area contributed by atoms with Crippen molar-refractivity contribution in [2.24, 2.45) is 0 Å². The lowest BCUT2D eigenvalue weighted by Crippen LogP contribution is -2.43. The van der Waals surface area contributed by atoms with Crippen LogP contribution < -0.4 is 10.9 Å². The Kier molecular flexibility index (Phi) is 6.36. The van der Waals surface area contributed by atoms with Crippen LogP contribution in [-0.4, -0.2) is 82.1 Å². The number of pyridine rings is 1. The van der Waals surface area contributed by atoms with Gasteiger partial charge in [0.05, 0.1) is 11.6 Å². The van der Waals surface area contributed by atoms with Crippen molar-refractivity contribution in [2.45, 2.75) is 56.7 Å². The second-order valence-corrected chi connectivity index (χ2v) is 12.2. The minimum Gasteiger partial charge on any atom is -0.388 e. The Morgan fingerprint density at radius 1 is 1.28 bits per heavy atom. The zero-order valence-corrected chi connectivity index (χ0v) is 21.3. The molecule has 0 spiro atoms. The lowest BCUT2D eigenvalue weighted by atomic mass is 9.99. The van der Waals surface area contributed by atoms with Gasteiger partial charge in [-0.05, 0) is 57.7 Å². The molecule has 4 heterocycles. The number of nitrogens with one attached hydrogen (secondary N) is 1. The topological polar surface area (TPSA) is 144 Å². The summed E-state index contributed by atoms with van der Waals surface area (Å²) in [5.74, 6) is 0.332. The molecular formula is C24H31N7O4S. The number of anilines is 1. The van der Waals surface area contributed by atoms with Crippen LogP contribution in [0, 0.1) is 11.3 Å². The second kappa shape index (κ2) is 9.23. The number of nitriles is 1. The predicted molar refractivity (Wildman–Crippen MR) is 135 cm³/mol. The van der Waals surface area contributed by atoms with Crippen molar-refractivity contribution in [1.82, 2.24) is 23.7 Å². The highest BCUT2D eigenvalue weighted by Gasteiger charge is 2.40. The van der Waals surface area contributed by atoms with Crippen LogP contribution in [0.3, 0.4) is 0 Å². The average Bonchev–Trinajstić information content (AvgIpc) is 3.16. The molecule has 0 aromatic carbocycles. The van der Waals surface area contributed by atoms with Crippen LogP contribution in [0.5, 0.6) is 0 Å². The van der Waals surface area contributed by atoms with Crippen molar-refractivity contribution < 1.29 is 13.5 Å². The number of hydrogen-bond acceptors (Lipinski definition) is 9. The van der Waals surface area contributed by atoms with Crippen molar-refractivity contribution in [2.75, 3.05) is 38.5 Å². The number of rotatable bonds is 5. The molecule has 12 heteroatoms. The molecule has 36 heavy (non-hydrogen) atoms. The van der Waals surface area contributed by atoms with Crippen LogP contribution in [0.25, 0.3) is 11.0 Å². The summed E-state index contributed by atoms with van der Waals surface area (Å²) >= 11 is 0. The largest absolute Gasteiger partial charge is 0.388 e. The predicted octanol–water partition coefficient (Wildman–Crippen LogP) is 1.17. The van der Waals surface area contributed by atoms with Crippen LogP contribution in [0.2, 0.25) is 0 Å². The molecule has 1 saturated carbocycles. The first-order valence-corrected chi connectivity index (χ1v) is 13.8. The van der Waals surface area contributed by atoms with E-state index in [1.807, 2.05) is 13.1 Å². The molecule has 2 aromatic rings. The number of nitrogens with zero attached hydrogens (tertiary/aromatic N) is 6. The SMILES string of the molecule is CN1CC(=CS(=O)(=O)N2CCC(Nc3ncc4cc(C#N)c(=O)n([C@@H]5CCC[C@@]5(C)O)c4n3)CC2)C1. The van der Waals surface area contributed by atoms with E-state index in [9.17, 15) is 23.6 Å². The molecule has 0 amide bonds. The van der Waals surface area contributed by atoms with Gasteiger partial charge < -0.3 is 10.4 Å². The minimum absolute atomic E-state index is 0.00777. The lowest BCUT2D eigenvalue weighted by Gasteiger charge is -2.33.